The summed E-state index contributed by atoms with van der Waals surface area (Å²) in [6, 6.07) is 10.1. The summed E-state index contributed by atoms with van der Waals surface area (Å²) in [4.78, 5) is 12.0. The van der Waals surface area contributed by atoms with E-state index in [-0.39, 0.29) is 5.78 Å². The minimum absolute atomic E-state index is 0.268. The molecule has 0 saturated heterocycles. The molecule has 0 aliphatic heterocycles. The van der Waals surface area contributed by atoms with E-state index >= 15 is 0 Å². The monoisotopic (exact) mass is 324 g/mol. The third-order valence-electron chi connectivity index (χ3n) is 4.88. The van der Waals surface area contributed by atoms with Crippen molar-refractivity contribution in [3.8, 4) is 11.4 Å². The predicted octanol–water partition coefficient (Wildman–Crippen LogP) is 3.37. The van der Waals surface area contributed by atoms with E-state index in [0.29, 0.717) is 13.0 Å². The van der Waals surface area contributed by atoms with Crippen LogP contribution in [0.5, 0.6) is 5.75 Å². The van der Waals surface area contributed by atoms with E-state index in [1.807, 2.05) is 24.4 Å². The molecule has 4 rings (SSSR count). The molecule has 2 aliphatic rings. The maximum absolute atomic E-state index is 12.0. The first-order chi connectivity index (χ1) is 11.8. The van der Waals surface area contributed by atoms with Gasteiger partial charge in [0.25, 0.3) is 0 Å². The van der Waals surface area contributed by atoms with Crippen LogP contribution >= 0.6 is 0 Å². The Kier molecular flexibility index (Phi) is 4.39. The Bertz CT molecular complexity index is 731. The molecule has 1 aromatic heterocycles. The number of ketones is 1. The smallest absolute Gasteiger partial charge is 0.164 e. The van der Waals surface area contributed by atoms with Gasteiger partial charge in [-0.1, -0.05) is 6.07 Å². The zero-order valence-electron chi connectivity index (χ0n) is 14.0. The van der Waals surface area contributed by atoms with Gasteiger partial charge in [0.2, 0.25) is 0 Å². The highest BCUT2D eigenvalue weighted by molar-refractivity contribution is 5.98. The van der Waals surface area contributed by atoms with E-state index in [9.17, 15) is 4.79 Å². The molecule has 126 valence electrons. The molecule has 1 heterocycles. The molecule has 0 bridgehead atoms. The number of benzene rings is 1. The van der Waals surface area contributed by atoms with Gasteiger partial charge in [-0.25, -0.2) is 0 Å². The molecule has 0 spiro atoms. The largest absolute Gasteiger partial charge is 0.492 e. The second kappa shape index (κ2) is 6.81. The van der Waals surface area contributed by atoms with Crippen molar-refractivity contribution in [2.45, 2.75) is 32.1 Å². The van der Waals surface area contributed by atoms with E-state index < -0.39 is 0 Å². The van der Waals surface area contributed by atoms with Crippen molar-refractivity contribution in [1.82, 2.24) is 9.88 Å². The van der Waals surface area contributed by atoms with Crippen molar-refractivity contribution < 1.29 is 9.53 Å². The second-order valence-corrected chi connectivity index (χ2v) is 6.82. The molecule has 2 aliphatic carbocycles. The lowest BCUT2D eigenvalue weighted by molar-refractivity contribution is 0.0972. The van der Waals surface area contributed by atoms with Crippen molar-refractivity contribution in [1.29, 1.82) is 0 Å². The number of fused-ring (bicyclic) bond motifs is 1. The van der Waals surface area contributed by atoms with Crippen molar-refractivity contribution in [2.24, 2.45) is 5.92 Å². The van der Waals surface area contributed by atoms with E-state index in [2.05, 4.69) is 22.0 Å². The Balaban J connectivity index is 1.41. The Hall–Kier alpha value is -2.07. The van der Waals surface area contributed by atoms with Crippen LogP contribution in [0, 0.1) is 5.92 Å². The van der Waals surface area contributed by atoms with Crippen LogP contribution in [-0.4, -0.2) is 30.0 Å². The number of aromatic nitrogens is 1. The Morgan fingerprint density at radius 2 is 2.12 bits per heavy atom. The molecule has 0 unspecified atom stereocenters. The molecule has 2 aromatic rings. The quantitative estimate of drug-likeness (QED) is 0.794. The minimum atomic E-state index is 0.268. The number of hydrogen-bond acceptors (Lipinski definition) is 3. The van der Waals surface area contributed by atoms with Crippen molar-refractivity contribution in [3.63, 3.8) is 0 Å². The fourth-order valence-corrected chi connectivity index (χ4v) is 3.36. The summed E-state index contributed by atoms with van der Waals surface area (Å²) in [5.74, 6) is 2.05. The summed E-state index contributed by atoms with van der Waals surface area (Å²) in [7, 11) is 0. The van der Waals surface area contributed by atoms with Crippen LogP contribution in [0.25, 0.3) is 5.69 Å². The van der Waals surface area contributed by atoms with Crippen molar-refractivity contribution in [3.05, 3.63) is 47.8 Å². The molecule has 0 atom stereocenters. The number of nitrogens with one attached hydrogen (secondary N) is 1. The summed E-state index contributed by atoms with van der Waals surface area (Å²) >= 11 is 0. The van der Waals surface area contributed by atoms with Crippen LogP contribution in [0.4, 0.5) is 0 Å². The average Bonchev–Trinajstić information content (AvgIpc) is 3.31. The molecule has 4 nitrogen and oxygen atoms in total. The van der Waals surface area contributed by atoms with Crippen LogP contribution in [0.1, 0.15) is 41.7 Å². The van der Waals surface area contributed by atoms with Crippen LogP contribution in [-0.2, 0) is 6.42 Å². The molecule has 1 fully saturated rings. The Morgan fingerprint density at radius 3 is 3.00 bits per heavy atom. The summed E-state index contributed by atoms with van der Waals surface area (Å²) in [5.41, 5.74) is 3.08. The minimum Gasteiger partial charge on any atom is -0.492 e. The van der Waals surface area contributed by atoms with Gasteiger partial charge in [-0.05, 0) is 56.3 Å². The van der Waals surface area contributed by atoms with E-state index in [0.717, 1.165) is 54.5 Å². The first-order valence-corrected chi connectivity index (χ1v) is 8.98. The molecule has 1 N–H and O–H groups in total. The van der Waals surface area contributed by atoms with Crippen LogP contribution in [0.2, 0.25) is 0 Å². The predicted molar refractivity (Wildman–Crippen MR) is 94.1 cm³/mol. The lowest BCUT2D eigenvalue weighted by atomic mass is 9.97. The first kappa shape index (κ1) is 15.5. The summed E-state index contributed by atoms with van der Waals surface area (Å²) in [6.45, 7) is 2.68. The van der Waals surface area contributed by atoms with E-state index in [4.69, 9.17) is 4.74 Å². The molecular formula is C20H24N2O2. The van der Waals surface area contributed by atoms with Gasteiger partial charge in [0, 0.05) is 42.2 Å². The summed E-state index contributed by atoms with van der Waals surface area (Å²) in [5, 5.41) is 3.44. The van der Waals surface area contributed by atoms with Gasteiger partial charge < -0.3 is 14.6 Å². The van der Waals surface area contributed by atoms with Gasteiger partial charge >= 0.3 is 0 Å². The number of ether oxygens (including phenoxy) is 1. The van der Waals surface area contributed by atoms with Gasteiger partial charge in [0.1, 0.15) is 12.4 Å². The maximum atomic E-state index is 12.0. The third-order valence-corrected chi connectivity index (χ3v) is 4.88. The highest BCUT2D eigenvalue weighted by Crippen LogP contribution is 2.28. The standard InChI is InChI=1S/C20H24N2O2/c23-20-6-2-5-19-18(20)9-11-22(19)16-3-1-4-17(13-16)24-12-10-21-14-15-7-8-15/h1,3-4,9,11,13,15,21H,2,5-8,10,12,14H2. The zero-order valence-corrected chi connectivity index (χ0v) is 14.0. The molecule has 24 heavy (non-hydrogen) atoms. The Morgan fingerprint density at radius 1 is 1.21 bits per heavy atom. The zero-order chi connectivity index (χ0) is 16.4. The van der Waals surface area contributed by atoms with Crippen LogP contribution < -0.4 is 10.1 Å². The fourth-order valence-electron chi connectivity index (χ4n) is 3.36. The van der Waals surface area contributed by atoms with Crippen LogP contribution in [0.3, 0.4) is 0 Å². The van der Waals surface area contributed by atoms with Crippen LogP contribution in [0.15, 0.2) is 36.5 Å². The molecule has 1 aromatic carbocycles. The molecular weight excluding hydrogens is 300 g/mol. The third kappa shape index (κ3) is 3.39. The average molecular weight is 324 g/mol. The molecule has 0 radical (unpaired) electrons. The number of carbonyl (C=O) groups excluding carboxylic acids is 1. The second-order valence-electron chi connectivity index (χ2n) is 6.82. The normalized spacial score (nSPS) is 16.9. The summed E-state index contributed by atoms with van der Waals surface area (Å²) in [6.07, 6.45) is 7.33. The number of nitrogens with zero attached hydrogens (tertiary/aromatic N) is 1. The molecule has 4 heteroatoms. The SMILES string of the molecule is O=C1CCCc2c1ccn2-c1cccc(OCCNCC2CC2)c1. The number of rotatable bonds is 7. The highest BCUT2D eigenvalue weighted by Gasteiger charge is 2.21. The number of Topliss-reactive ketones (excluding diaryl/α,β-unsaturated/α-hetero) is 1. The van der Waals surface area contributed by atoms with Gasteiger partial charge in [-0.15, -0.1) is 0 Å². The fraction of sp³-hybridized carbons (Fsp3) is 0.450. The topological polar surface area (TPSA) is 43.3 Å². The van der Waals surface area contributed by atoms with Crippen molar-refractivity contribution in [2.75, 3.05) is 19.7 Å². The molecule has 1 saturated carbocycles. The first-order valence-electron chi connectivity index (χ1n) is 8.98. The maximum Gasteiger partial charge on any atom is 0.164 e. The van der Waals surface area contributed by atoms with Gasteiger partial charge in [0.15, 0.2) is 5.78 Å². The lowest BCUT2D eigenvalue weighted by Gasteiger charge is -2.16. The Labute approximate surface area is 142 Å². The van der Waals surface area contributed by atoms with Gasteiger partial charge in [-0.3, -0.25) is 4.79 Å². The molecule has 0 amide bonds. The van der Waals surface area contributed by atoms with E-state index in [1.54, 1.807) is 0 Å². The number of hydrogen-bond donors (Lipinski definition) is 1. The lowest BCUT2D eigenvalue weighted by Crippen LogP contribution is -2.23. The van der Waals surface area contributed by atoms with E-state index in [1.165, 1.54) is 12.8 Å². The van der Waals surface area contributed by atoms with Gasteiger partial charge in [-0.2, -0.15) is 0 Å². The van der Waals surface area contributed by atoms with Crippen molar-refractivity contribution >= 4 is 5.78 Å². The highest BCUT2D eigenvalue weighted by atomic mass is 16.5. The van der Waals surface area contributed by atoms with Gasteiger partial charge in [0.05, 0.1) is 0 Å². The summed E-state index contributed by atoms with van der Waals surface area (Å²) < 4.78 is 8.00. The number of carbonyl (C=O) groups is 1.